The molecular weight excluding hydrogens is 246 g/mol. The summed E-state index contributed by atoms with van der Waals surface area (Å²) in [4.78, 5) is 0. The molecule has 0 spiro atoms. The van der Waals surface area contributed by atoms with Gasteiger partial charge in [0.05, 0.1) is 0 Å². The third-order valence-electron chi connectivity index (χ3n) is 4.81. The summed E-state index contributed by atoms with van der Waals surface area (Å²) in [5.74, 6) is 1.00. The molecule has 2 rings (SSSR count). The molecule has 20 heavy (non-hydrogen) atoms. The van der Waals surface area contributed by atoms with Gasteiger partial charge in [-0.05, 0) is 44.2 Å². The largest absolute Gasteiger partial charge is 0.314 e. The molecule has 1 aromatic rings. The van der Waals surface area contributed by atoms with E-state index in [1.165, 1.54) is 57.1 Å². The van der Waals surface area contributed by atoms with E-state index in [2.05, 4.69) is 23.4 Å². The van der Waals surface area contributed by atoms with E-state index >= 15 is 0 Å². The molecule has 1 heterocycles. The Hall–Kier alpha value is -0.830. The lowest BCUT2D eigenvalue weighted by molar-refractivity contribution is 0.309. The van der Waals surface area contributed by atoms with E-state index in [4.69, 9.17) is 0 Å². The zero-order valence-electron chi connectivity index (χ0n) is 13.3. The average Bonchev–Trinajstić information content (AvgIpc) is 2.88. The van der Waals surface area contributed by atoms with Crippen LogP contribution < -0.4 is 5.32 Å². The lowest BCUT2D eigenvalue weighted by atomic mass is 9.85. The zero-order chi connectivity index (χ0) is 14.2. The highest BCUT2D eigenvalue weighted by Gasteiger charge is 2.16. The molecule has 1 aliphatic carbocycles. The molecule has 3 nitrogen and oxygen atoms in total. The first kappa shape index (κ1) is 15.6. The molecule has 1 saturated carbocycles. The van der Waals surface area contributed by atoms with Crippen molar-refractivity contribution >= 4 is 0 Å². The molecule has 0 saturated heterocycles. The Kier molecular flexibility index (Phi) is 6.58. The van der Waals surface area contributed by atoms with Crippen molar-refractivity contribution in [3.8, 4) is 0 Å². The highest BCUT2D eigenvalue weighted by atomic mass is 15.2. The van der Waals surface area contributed by atoms with Gasteiger partial charge < -0.3 is 5.32 Å². The van der Waals surface area contributed by atoms with E-state index in [0.29, 0.717) is 6.04 Å². The molecule has 114 valence electrons. The summed E-state index contributed by atoms with van der Waals surface area (Å²) in [6.07, 6.45) is 14.4. The summed E-state index contributed by atoms with van der Waals surface area (Å²) in [5.41, 5.74) is 1.35. The second-order valence-corrected chi connectivity index (χ2v) is 6.32. The molecule has 1 aliphatic rings. The van der Waals surface area contributed by atoms with Crippen molar-refractivity contribution in [1.82, 2.24) is 15.1 Å². The summed E-state index contributed by atoms with van der Waals surface area (Å²) in [7, 11) is 2.04. The first-order chi connectivity index (χ1) is 9.79. The molecule has 0 bridgehead atoms. The first-order valence-electron chi connectivity index (χ1n) is 8.50. The monoisotopic (exact) mass is 277 g/mol. The summed E-state index contributed by atoms with van der Waals surface area (Å²) in [6, 6.07) is 2.82. The number of rotatable bonds is 8. The number of aromatic nitrogens is 2. The Morgan fingerprint density at radius 1 is 1.30 bits per heavy atom. The number of hydrogen-bond donors (Lipinski definition) is 1. The number of nitrogens with one attached hydrogen (secondary N) is 1. The summed E-state index contributed by atoms with van der Waals surface area (Å²) in [6.45, 7) is 3.30. The van der Waals surface area contributed by atoms with Crippen molar-refractivity contribution in [1.29, 1.82) is 0 Å². The third-order valence-corrected chi connectivity index (χ3v) is 4.81. The maximum atomic E-state index is 4.26. The second kappa shape index (κ2) is 8.46. The van der Waals surface area contributed by atoms with Crippen LogP contribution in [0.4, 0.5) is 0 Å². The topological polar surface area (TPSA) is 29.9 Å². The molecule has 1 aromatic heterocycles. The van der Waals surface area contributed by atoms with Crippen molar-refractivity contribution in [2.24, 2.45) is 13.0 Å². The Morgan fingerprint density at radius 3 is 2.75 bits per heavy atom. The molecule has 1 fully saturated rings. The average molecular weight is 277 g/mol. The van der Waals surface area contributed by atoms with Crippen LogP contribution in [0.25, 0.3) is 0 Å². The normalized spacial score (nSPS) is 18.3. The quantitative estimate of drug-likeness (QED) is 0.785. The summed E-state index contributed by atoms with van der Waals surface area (Å²) >= 11 is 0. The van der Waals surface area contributed by atoms with Crippen molar-refractivity contribution in [3.05, 3.63) is 18.0 Å². The lowest BCUT2D eigenvalue weighted by Crippen LogP contribution is -2.30. The van der Waals surface area contributed by atoms with Gasteiger partial charge in [0.25, 0.3) is 0 Å². The van der Waals surface area contributed by atoms with Crippen LogP contribution in [0.3, 0.4) is 0 Å². The number of aryl methyl sites for hydroxylation is 2. The van der Waals surface area contributed by atoms with Crippen LogP contribution >= 0.6 is 0 Å². The molecule has 1 atom stereocenters. The van der Waals surface area contributed by atoms with Gasteiger partial charge >= 0.3 is 0 Å². The zero-order valence-corrected chi connectivity index (χ0v) is 13.3. The fourth-order valence-corrected chi connectivity index (χ4v) is 3.52. The van der Waals surface area contributed by atoms with Gasteiger partial charge in [-0.2, -0.15) is 5.10 Å². The minimum absolute atomic E-state index is 0.678. The highest BCUT2D eigenvalue weighted by molar-refractivity contribution is 5.00. The van der Waals surface area contributed by atoms with Gasteiger partial charge in [-0.1, -0.05) is 39.0 Å². The predicted octanol–water partition coefficient (Wildman–Crippen LogP) is 3.69. The van der Waals surface area contributed by atoms with Crippen LogP contribution in [0.5, 0.6) is 0 Å². The SMILES string of the molecule is CCNC(CCc1ccnn1C)CCC1CCCCC1. The van der Waals surface area contributed by atoms with Gasteiger partial charge in [-0.3, -0.25) is 4.68 Å². The van der Waals surface area contributed by atoms with E-state index in [1.54, 1.807) is 0 Å². The maximum Gasteiger partial charge on any atom is 0.0492 e. The van der Waals surface area contributed by atoms with Crippen LogP contribution in [-0.4, -0.2) is 22.4 Å². The Bertz CT molecular complexity index is 366. The fraction of sp³-hybridized carbons (Fsp3) is 0.824. The molecule has 0 radical (unpaired) electrons. The van der Waals surface area contributed by atoms with E-state index in [0.717, 1.165) is 18.9 Å². The fourth-order valence-electron chi connectivity index (χ4n) is 3.52. The van der Waals surface area contributed by atoms with Crippen molar-refractivity contribution in [2.45, 2.75) is 70.8 Å². The predicted molar refractivity (Wildman–Crippen MR) is 84.8 cm³/mol. The first-order valence-corrected chi connectivity index (χ1v) is 8.50. The molecular formula is C17H31N3. The molecule has 0 aliphatic heterocycles. The van der Waals surface area contributed by atoms with Gasteiger partial charge in [0.2, 0.25) is 0 Å². The molecule has 0 amide bonds. The smallest absolute Gasteiger partial charge is 0.0492 e. The van der Waals surface area contributed by atoms with Gasteiger partial charge in [0.15, 0.2) is 0 Å². The van der Waals surface area contributed by atoms with Crippen LogP contribution in [0.1, 0.15) is 64.0 Å². The van der Waals surface area contributed by atoms with E-state index < -0.39 is 0 Å². The van der Waals surface area contributed by atoms with Crippen LogP contribution in [0, 0.1) is 5.92 Å². The van der Waals surface area contributed by atoms with Crippen LogP contribution in [0.2, 0.25) is 0 Å². The Morgan fingerprint density at radius 2 is 2.10 bits per heavy atom. The Balaban J connectivity index is 1.73. The van der Waals surface area contributed by atoms with Gasteiger partial charge in [0.1, 0.15) is 0 Å². The molecule has 3 heteroatoms. The molecule has 1 N–H and O–H groups in total. The second-order valence-electron chi connectivity index (χ2n) is 6.32. The number of nitrogens with zero attached hydrogens (tertiary/aromatic N) is 2. The van der Waals surface area contributed by atoms with Gasteiger partial charge in [0, 0.05) is 25.0 Å². The van der Waals surface area contributed by atoms with Crippen molar-refractivity contribution < 1.29 is 0 Å². The minimum Gasteiger partial charge on any atom is -0.314 e. The Labute approximate surface area is 124 Å². The van der Waals surface area contributed by atoms with Gasteiger partial charge in [-0.25, -0.2) is 0 Å². The summed E-state index contributed by atoms with van der Waals surface area (Å²) in [5, 5.41) is 7.93. The van der Waals surface area contributed by atoms with Crippen LogP contribution in [-0.2, 0) is 13.5 Å². The van der Waals surface area contributed by atoms with Crippen molar-refractivity contribution in [3.63, 3.8) is 0 Å². The maximum absolute atomic E-state index is 4.26. The van der Waals surface area contributed by atoms with Gasteiger partial charge in [-0.15, -0.1) is 0 Å². The van der Waals surface area contributed by atoms with Crippen molar-refractivity contribution in [2.75, 3.05) is 6.54 Å². The van der Waals surface area contributed by atoms with E-state index in [9.17, 15) is 0 Å². The molecule has 0 aromatic carbocycles. The third kappa shape index (κ3) is 4.93. The lowest BCUT2D eigenvalue weighted by Gasteiger charge is -2.24. The van der Waals surface area contributed by atoms with E-state index in [-0.39, 0.29) is 0 Å². The minimum atomic E-state index is 0.678. The van der Waals surface area contributed by atoms with E-state index in [1.807, 2.05) is 17.9 Å². The number of hydrogen-bond acceptors (Lipinski definition) is 2. The van der Waals surface area contributed by atoms with Crippen LogP contribution in [0.15, 0.2) is 12.3 Å². The molecule has 1 unspecified atom stereocenters. The standard InChI is InChI=1S/C17H31N3/c1-3-18-16(10-9-15-7-5-4-6-8-15)11-12-17-13-14-19-20(17)2/h13-16,18H,3-12H2,1-2H3. The summed E-state index contributed by atoms with van der Waals surface area (Å²) < 4.78 is 2.00. The highest BCUT2D eigenvalue weighted by Crippen LogP contribution is 2.28.